The molecule has 2 atom stereocenters. The van der Waals surface area contributed by atoms with Gasteiger partial charge in [0.05, 0.1) is 24.6 Å². The molecule has 180 valence electrons. The highest BCUT2D eigenvalue weighted by Crippen LogP contribution is 2.32. The molecule has 2 amide bonds. The maximum absolute atomic E-state index is 13.1. The summed E-state index contributed by atoms with van der Waals surface area (Å²) in [5.74, 6) is -1.17. The summed E-state index contributed by atoms with van der Waals surface area (Å²) in [6.07, 6.45) is -5.31. The molecule has 1 fully saturated rings. The quantitative estimate of drug-likeness (QED) is 0.453. The van der Waals surface area contributed by atoms with Gasteiger partial charge in [-0.2, -0.15) is 18.3 Å². The lowest BCUT2D eigenvalue weighted by Gasteiger charge is -2.33. The van der Waals surface area contributed by atoms with Gasteiger partial charge in [-0.05, 0) is 45.7 Å². The van der Waals surface area contributed by atoms with Crippen LogP contribution in [-0.4, -0.2) is 62.2 Å². The minimum absolute atomic E-state index is 0.0551. The highest BCUT2D eigenvalue weighted by molar-refractivity contribution is 7.85. The van der Waals surface area contributed by atoms with Crippen molar-refractivity contribution in [3.8, 4) is 0 Å². The molecule has 1 saturated heterocycles. The number of benzene rings is 1. The van der Waals surface area contributed by atoms with E-state index in [9.17, 15) is 31.2 Å². The number of carbonyl (C=O) groups excluding carboxylic acids is 2. The lowest BCUT2D eigenvalue weighted by atomic mass is 10.2. The van der Waals surface area contributed by atoms with E-state index in [2.05, 4.69) is 4.84 Å². The SMILES string of the molecule is CC(C)(C)OC(=O)N1C(COS(C)(=O)=O)CCC1C(=O)N(OC(F)(F)F)c1ccccc1. The first-order valence-corrected chi connectivity index (χ1v) is 11.4. The number of hydroxylamine groups is 1. The molecule has 1 aromatic rings. The number of rotatable bonds is 6. The maximum atomic E-state index is 13.1. The minimum atomic E-state index is -5.18. The van der Waals surface area contributed by atoms with Gasteiger partial charge in [0, 0.05) is 0 Å². The molecule has 0 spiro atoms. The van der Waals surface area contributed by atoms with Crippen LogP contribution in [0.4, 0.5) is 23.7 Å². The monoisotopic (exact) mass is 482 g/mol. The number of alkyl halides is 3. The second-order valence-corrected chi connectivity index (χ2v) is 9.77. The smallest absolute Gasteiger partial charge is 0.444 e. The number of carbonyl (C=O) groups is 2. The van der Waals surface area contributed by atoms with Crippen LogP contribution < -0.4 is 5.06 Å². The van der Waals surface area contributed by atoms with Crippen LogP contribution in [0.1, 0.15) is 33.6 Å². The van der Waals surface area contributed by atoms with Crippen molar-refractivity contribution in [3.63, 3.8) is 0 Å². The lowest BCUT2D eigenvalue weighted by Crippen LogP contribution is -2.53. The normalized spacial score (nSPS) is 19.7. The van der Waals surface area contributed by atoms with Crippen LogP contribution in [0.15, 0.2) is 30.3 Å². The van der Waals surface area contributed by atoms with Gasteiger partial charge in [-0.25, -0.2) is 4.79 Å². The summed E-state index contributed by atoms with van der Waals surface area (Å²) in [5.41, 5.74) is -1.17. The van der Waals surface area contributed by atoms with E-state index in [1.807, 2.05) is 0 Å². The lowest BCUT2D eigenvalue weighted by molar-refractivity contribution is -0.327. The van der Waals surface area contributed by atoms with E-state index in [1.54, 1.807) is 26.8 Å². The van der Waals surface area contributed by atoms with Gasteiger partial charge in [0.15, 0.2) is 0 Å². The standard InChI is InChI=1S/C19H25F3N2O7S/c1-18(2,3)30-17(26)23-14(12-29-32(4,27)28)10-11-15(23)16(25)24(31-19(20,21)22)13-8-6-5-7-9-13/h5-9,14-15H,10-12H2,1-4H3. The van der Waals surface area contributed by atoms with Crippen LogP contribution >= 0.6 is 0 Å². The highest BCUT2D eigenvalue weighted by atomic mass is 32.2. The van der Waals surface area contributed by atoms with Crippen molar-refractivity contribution >= 4 is 27.8 Å². The molecule has 32 heavy (non-hydrogen) atoms. The summed E-state index contributed by atoms with van der Waals surface area (Å²) in [4.78, 5) is 30.8. The zero-order chi connectivity index (χ0) is 24.3. The molecule has 0 N–H and O–H groups in total. The van der Waals surface area contributed by atoms with Gasteiger partial charge in [0.25, 0.3) is 16.0 Å². The van der Waals surface area contributed by atoms with Crippen LogP contribution in [0.5, 0.6) is 0 Å². The number of para-hydroxylation sites is 1. The molecule has 0 aliphatic carbocycles. The van der Waals surface area contributed by atoms with Crippen molar-refractivity contribution in [2.75, 3.05) is 17.9 Å². The summed E-state index contributed by atoms with van der Waals surface area (Å²) in [6, 6.07) is 4.52. The number of hydrogen-bond acceptors (Lipinski definition) is 7. The van der Waals surface area contributed by atoms with Crippen molar-refractivity contribution in [2.45, 2.75) is 57.7 Å². The Labute approximate surface area is 184 Å². The fourth-order valence-electron chi connectivity index (χ4n) is 3.11. The third-order valence-electron chi connectivity index (χ3n) is 4.25. The Morgan fingerprint density at radius 1 is 1.12 bits per heavy atom. The molecular formula is C19H25F3N2O7S. The van der Waals surface area contributed by atoms with E-state index >= 15 is 0 Å². The summed E-state index contributed by atoms with van der Waals surface area (Å²) in [7, 11) is -3.86. The van der Waals surface area contributed by atoms with Crippen molar-refractivity contribution < 1.29 is 44.9 Å². The summed E-state index contributed by atoms with van der Waals surface area (Å²) in [6.45, 7) is 4.24. The zero-order valence-electron chi connectivity index (χ0n) is 18.0. The average Bonchev–Trinajstić information content (AvgIpc) is 3.06. The molecule has 0 saturated carbocycles. The van der Waals surface area contributed by atoms with Crippen LogP contribution in [0.25, 0.3) is 0 Å². The molecule has 13 heteroatoms. The Morgan fingerprint density at radius 2 is 1.72 bits per heavy atom. The minimum Gasteiger partial charge on any atom is -0.444 e. The molecule has 2 rings (SSSR count). The van der Waals surface area contributed by atoms with Crippen LogP contribution in [0, 0.1) is 0 Å². The molecule has 9 nitrogen and oxygen atoms in total. The van der Waals surface area contributed by atoms with Crippen LogP contribution in [-0.2, 0) is 28.7 Å². The van der Waals surface area contributed by atoms with E-state index in [1.165, 1.54) is 24.3 Å². The van der Waals surface area contributed by atoms with Crippen molar-refractivity contribution in [1.82, 2.24) is 4.90 Å². The predicted molar refractivity (Wildman–Crippen MR) is 107 cm³/mol. The highest BCUT2D eigenvalue weighted by Gasteiger charge is 2.47. The first-order valence-electron chi connectivity index (χ1n) is 9.58. The number of halogens is 3. The van der Waals surface area contributed by atoms with Gasteiger partial charge < -0.3 is 4.74 Å². The maximum Gasteiger partial charge on any atom is 0.544 e. The second-order valence-electron chi connectivity index (χ2n) is 8.13. The third kappa shape index (κ3) is 7.64. The van der Waals surface area contributed by atoms with Crippen molar-refractivity contribution in [2.24, 2.45) is 0 Å². The molecule has 2 unspecified atom stereocenters. The number of amides is 2. The Kier molecular flexibility index (Phi) is 7.79. The van der Waals surface area contributed by atoms with Gasteiger partial charge >= 0.3 is 12.5 Å². The summed E-state index contributed by atoms with van der Waals surface area (Å²) >= 11 is 0. The summed E-state index contributed by atoms with van der Waals surface area (Å²) in [5, 5.41) is 0.0713. The van der Waals surface area contributed by atoms with E-state index in [0.717, 1.165) is 11.2 Å². The molecule has 1 aliphatic rings. The molecule has 1 aliphatic heterocycles. The first-order chi connectivity index (χ1) is 14.6. The molecule has 0 radical (unpaired) electrons. The van der Waals surface area contributed by atoms with Gasteiger partial charge in [-0.3, -0.25) is 13.9 Å². The fourth-order valence-corrected chi connectivity index (χ4v) is 3.51. The molecular weight excluding hydrogens is 457 g/mol. The van der Waals surface area contributed by atoms with Gasteiger partial charge in [-0.15, -0.1) is 13.2 Å². The Bertz CT molecular complexity index is 917. The van der Waals surface area contributed by atoms with Gasteiger partial charge in [0.2, 0.25) is 0 Å². The third-order valence-corrected chi connectivity index (χ3v) is 4.82. The first kappa shape index (κ1) is 25.9. The largest absolute Gasteiger partial charge is 0.544 e. The van der Waals surface area contributed by atoms with E-state index in [4.69, 9.17) is 8.92 Å². The Balaban J connectivity index is 2.38. The number of likely N-dealkylation sites (tertiary alicyclic amines) is 1. The zero-order valence-corrected chi connectivity index (χ0v) is 18.8. The van der Waals surface area contributed by atoms with Crippen molar-refractivity contribution in [3.05, 3.63) is 30.3 Å². The topological polar surface area (TPSA) is 102 Å². The van der Waals surface area contributed by atoms with Gasteiger partial charge in [0.1, 0.15) is 11.6 Å². The number of nitrogens with zero attached hydrogens (tertiary/aromatic N) is 2. The van der Waals surface area contributed by atoms with E-state index in [-0.39, 0.29) is 23.6 Å². The van der Waals surface area contributed by atoms with Crippen LogP contribution in [0.3, 0.4) is 0 Å². The predicted octanol–water partition coefficient (Wildman–Crippen LogP) is 3.22. The number of ether oxygens (including phenoxy) is 1. The second kappa shape index (κ2) is 9.63. The van der Waals surface area contributed by atoms with E-state index < -0.39 is 52.8 Å². The fraction of sp³-hybridized carbons (Fsp3) is 0.579. The summed E-state index contributed by atoms with van der Waals surface area (Å²) < 4.78 is 71.9. The number of hydrogen-bond donors (Lipinski definition) is 0. The van der Waals surface area contributed by atoms with E-state index in [0.29, 0.717) is 0 Å². The van der Waals surface area contributed by atoms with Crippen LogP contribution in [0.2, 0.25) is 0 Å². The Morgan fingerprint density at radius 3 is 2.22 bits per heavy atom. The number of anilines is 1. The molecule has 1 heterocycles. The average molecular weight is 482 g/mol. The molecule has 0 bridgehead atoms. The Hall–Kier alpha value is -2.38. The van der Waals surface area contributed by atoms with Gasteiger partial charge in [-0.1, -0.05) is 18.2 Å². The van der Waals surface area contributed by atoms with Crippen molar-refractivity contribution in [1.29, 1.82) is 0 Å². The molecule has 1 aromatic carbocycles. The molecule has 0 aromatic heterocycles.